The number of amides is 2. The van der Waals surface area contributed by atoms with Crippen LogP contribution in [0.25, 0.3) is 0 Å². The highest BCUT2D eigenvalue weighted by Crippen LogP contribution is 2.21. The summed E-state index contributed by atoms with van der Waals surface area (Å²) in [6, 6.07) is 0. The first-order chi connectivity index (χ1) is 9.83. The Morgan fingerprint density at radius 2 is 1.38 bits per heavy atom. The van der Waals surface area contributed by atoms with Crippen molar-refractivity contribution in [3.8, 4) is 0 Å². The summed E-state index contributed by atoms with van der Waals surface area (Å²) < 4.78 is 0. The van der Waals surface area contributed by atoms with Gasteiger partial charge in [-0.2, -0.15) is 0 Å². The summed E-state index contributed by atoms with van der Waals surface area (Å²) >= 11 is 0. The van der Waals surface area contributed by atoms with Crippen molar-refractivity contribution >= 4 is 23.4 Å². The third kappa shape index (κ3) is 7.39. The highest BCUT2D eigenvalue weighted by molar-refractivity contribution is 5.93. The molecule has 0 rings (SSSR count). The summed E-state index contributed by atoms with van der Waals surface area (Å²) in [6.45, 7) is 8.61. The lowest BCUT2D eigenvalue weighted by Crippen LogP contribution is -2.43. The van der Waals surface area contributed by atoms with Crippen LogP contribution in [0, 0.1) is 11.8 Å². The molecule has 0 aromatic carbocycles. The molecule has 0 radical (unpaired) electrons. The molecule has 0 aromatic rings. The molecule has 0 bridgehead atoms. The number of nitrogens with one attached hydrogen (secondary N) is 2. The second-order valence-electron chi connectivity index (χ2n) is 4.95. The maximum Gasteiger partial charge on any atom is 0.224 e. The van der Waals surface area contributed by atoms with Gasteiger partial charge in [0.2, 0.25) is 11.8 Å². The smallest absolute Gasteiger partial charge is 0.224 e. The number of ketones is 2. The van der Waals surface area contributed by atoms with E-state index in [-0.39, 0.29) is 36.9 Å². The summed E-state index contributed by atoms with van der Waals surface area (Å²) in [5.41, 5.74) is 0. The molecule has 0 saturated carbocycles. The molecule has 6 nitrogen and oxygen atoms in total. The predicted molar refractivity (Wildman–Crippen MR) is 79.5 cm³/mol. The lowest BCUT2D eigenvalue weighted by Gasteiger charge is -2.24. The van der Waals surface area contributed by atoms with E-state index in [0.29, 0.717) is 6.54 Å². The first kappa shape index (κ1) is 19.0. The maximum absolute atomic E-state index is 12.2. The van der Waals surface area contributed by atoms with E-state index in [1.165, 1.54) is 19.9 Å². The molecule has 2 atom stereocenters. The highest BCUT2D eigenvalue weighted by Gasteiger charge is 2.34. The van der Waals surface area contributed by atoms with E-state index in [4.69, 9.17) is 0 Å². The van der Waals surface area contributed by atoms with Crippen molar-refractivity contribution in [2.75, 3.05) is 13.1 Å². The lowest BCUT2D eigenvalue weighted by atomic mass is 9.83. The average molecular weight is 296 g/mol. The van der Waals surface area contributed by atoms with Gasteiger partial charge in [-0.25, -0.2) is 0 Å². The van der Waals surface area contributed by atoms with Crippen molar-refractivity contribution in [3.63, 3.8) is 0 Å². The zero-order chi connectivity index (χ0) is 16.4. The third-order valence-electron chi connectivity index (χ3n) is 2.95. The van der Waals surface area contributed by atoms with Crippen LogP contribution in [0.15, 0.2) is 12.7 Å². The van der Waals surface area contributed by atoms with Gasteiger partial charge in [-0.15, -0.1) is 6.58 Å². The van der Waals surface area contributed by atoms with E-state index in [2.05, 4.69) is 17.2 Å². The normalized spacial score (nSPS) is 12.9. The molecule has 0 heterocycles. The van der Waals surface area contributed by atoms with E-state index in [1.54, 1.807) is 6.92 Å². The second-order valence-corrected chi connectivity index (χ2v) is 4.95. The zero-order valence-electron chi connectivity index (χ0n) is 12.9. The third-order valence-corrected chi connectivity index (χ3v) is 2.95. The van der Waals surface area contributed by atoms with Gasteiger partial charge in [0, 0.05) is 25.9 Å². The zero-order valence-corrected chi connectivity index (χ0v) is 12.9. The molecule has 2 unspecified atom stereocenters. The fourth-order valence-corrected chi connectivity index (χ4v) is 2.06. The van der Waals surface area contributed by atoms with E-state index >= 15 is 0 Å². The van der Waals surface area contributed by atoms with Crippen LogP contribution >= 0.6 is 0 Å². The molecular formula is C15H24N2O4. The van der Waals surface area contributed by atoms with Crippen molar-refractivity contribution in [2.45, 2.75) is 33.6 Å². The summed E-state index contributed by atoms with van der Waals surface area (Å²) in [6.07, 6.45) is 1.37. The molecule has 6 heteroatoms. The van der Waals surface area contributed by atoms with Crippen LogP contribution in [0.1, 0.15) is 33.6 Å². The molecular weight excluding hydrogens is 272 g/mol. The Hall–Kier alpha value is -1.98. The van der Waals surface area contributed by atoms with Crippen molar-refractivity contribution < 1.29 is 19.2 Å². The molecule has 0 saturated heterocycles. The summed E-state index contributed by atoms with van der Waals surface area (Å²) in [4.78, 5) is 47.0. The molecule has 118 valence electrons. The molecule has 2 amide bonds. The van der Waals surface area contributed by atoms with Gasteiger partial charge in [-0.05, 0) is 20.8 Å². The van der Waals surface area contributed by atoms with Crippen LogP contribution in [-0.4, -0.2) is 36.5 Å². The molecule has 0 fully saturated rings. The Kier molecular flexibility index (Phi) is 8.92. The summed E-state index contributed by atoms with van der Waals surface area (Å²) in [7, 11) is 0. The van der Waals surface area contributed by atoms with Gasteiger partial charge in [0.15, 0.2) is 0 Å². The van der Waals surface area contributed by atoms with Crippen LogP contribution in [0.5, 0.6) is 0 Å². The standard InChI is InChI=1S/C15H24N2O4/c1-5-7-17-15(21)13(9-11(4)19)12(8-10(3)18)14(20)16-6-2/h5,12-13H,1,6-9H2,2-4H3,(H,16,20)(H,17,21). The van der Waals surface area contributed by atoms with Crippen LogP contribution in [-0.2, 0) is 19.2 Å². The topological polar surface area (TPSA) is 92.3 Å². The van der Waals surface area contributed by atoms with E-state index < -0.39 is 17.7 Å². The SMILES string of the molecule is C=CCNC(=O)C(CC(C)=O)C(CC(C)=O)C(=O)NCC. The van der Waals surface area contributed by atoms with Crippen LogP contribution in [0.3, 0.4) is 0 Å². The van der Waals surface area contributed by atoms with Crippen LogP contribution in [0.2, 0.25) is 0 Å². The fourth-order valence-electron chi connectivity index (χ4n) is 2.06. The Morgan fingerprint density at radius 1 is 0.952 bits per heavy atom. The second kappa shape index (κ2) is 9.85. The largest absolute Gasteiger partial charge is 0.356 e. The quantitative estimate of drug-likeness (QED) is 0.578. The number of carbonyl (C=O) groups is 4. The number of Topliss-reactive ketones (excluding diaryl/α,β-unsaturated/α-hetero) is 2. The molecule has 0 aliphatic rings. The van der Waals surface area contributed by atoms with E-state index in [0.717, 1.165) is 0 Å². The monoisotopic (exact) mass is 296 g/mol. The molecule has 0 aliphatic heterocycles. The van der Waals surface area contributed by atoms with Gasteiger partial charge in [0.25, 0.3) is 0 Å². The highest BCUT2D eigenvalue weighted by atomic mass is 16.2. The number of hydrogen-bond acceptors (Lipinski definition) is 4. The number of rotatable bonds is 10. The Labute approximate surface area is 125 Å². The Balaban J connectivity index is 5.27. The Morgan fingerprint density at radius 3 is 1.71 bits per heavy atom. The van der Waals surface area contributed by atoms with Gasteiger partial charge < -0.3 is 20.2 Å². The van der Waals surface area contributed by atoms with Gasteiger partial charge in [-0.3, -0.25) is 9.59 Å². The van der Waals surface area contributed by atoms with Gasteiger partial charge in [0.05, 0.1) is 11.8 Å². The first-order valence-corrected chi connectivity index (χ1v) is 6.98. The van der Waals surface area contributed by atoms with Crippen LogP contribution < -0.4 is 10.6 Å². The molecule has 2 N–H and O–H groups in total. The van der Waals surface area contributed by atoms with E-state index in [1.807, 2.05) is 0 Å². The van der Waals surface area contributed by atoms with Crippen molar-refractivity contribution in [1.29, 1.82) is 0 Å². The van der Waals surface area contributed by atoms with E-state index in [9.17, 15) is 19.2 Å². The molecule has 0 aromatic heterocycles. The Bertz CT molecular complexity index is 418. The minimum Gasteiger partial charge on any atom is -0.356 e. The summed E-state index contributed by atoms with van der Waals surface area (Å²) in [5.74, 6) is -2.88. The fraction of sp³-hybridized carbons (Fsp3) is 0.600. The first-order valence-electron chi connectivity index (χ1n) is 6.98. The lowest BCUT2D eigenvalue weighted by molar-refractivity contribution is -0.138. The predicted octanol–water partition coefficient (Wildman–Crippen LogP) is 0.615. The number of carbonyl (C=O) groups excluding carboxylic acids is 4. The molecule has 21 heavy (non-hydrogen) atoms. The number of hydrogen-bond donors (Lipinski definition) is 2. The van der Waals surface area contributed by atoms with Gasteiger partial charge in [-0.1, -0.05) is 6.08 Å². The van der Waals surface area contributed by atoms with Gasteiger partial charge in [0.1, 0.15) is 11.6 Å². The molecule has 0 aliphatic carbocycles. The van der Waals surface area contributed by atoms with Crippen molar-refractivity contribution in [3.05, 3.63) is 12.7 Å². The minimum absolute atomic E-state index is 0.0642. The summed E-state index contributed by atoms with van der Waals surface area (Å²) in [5, 5.41) is 5.20. The van der Waals surface area contributed by atoms with Crippen LogP contribution in [0.4, 0.5) is 0 Å². The van der Waals surface area contributed by atoms with Crippen molar-refractivity contribution in [2.24, 2.45) is 11.8 Å². The maximum atomic E-state index is 12.2. The minimum atomic E-state index is -0.849. The molecule has 0 spiro atoms. The van der Waals surface area contributed by atoms with Gasteiger partial charge >= 0.3 is 0 Å². The van der Waals surface area contributed by atoms with Crippen molar-refractivity contribution in [1.82, 2.24) is 10.6 Å². The average Bonchev–Trinajstić information content (AvgIpc) is 2.39.